The molecule has 0 bridgehead atoms. The van der Waals surface area contributed by atoms with Crippen LogP contribution in [0.3, 0.4) is 0 Å². The van der Waals surface area contributed by atoms with Crippen molar-refractivity contribution in [2.45, 2.75) is 5.92 Å². The molecule has 3 aromatic rings. The summed E-state index contributed by atoms with van der Waals surface area (Å²) in [6, 6.07) is 22.5. The molecule has 0 heterocycles. The monoisotopic (exact) mass is 354 g/mol. The number of hydrogen-bond donors (Lipinski definition) is 2. The van der Waals surface area contributed by atoms with Crippen LogP contribution in [0.4, 0.5) is 0 Å². The Morgan fingerprint density at radius 3 is 1.82 bits per heavy atom. The number of rotatable bonds is 3. The highest BCUT2D eigenvalue weighted by molar-refractivity contribution is 9.10. The molecule has 0 aliphatic heterocycles. The second-order valence-electron chi connectivity index (χ2n) is 5.13. The molecule has 110 valence electrons. The maximum absolute atomic E-state index is 10.3. The highest BCUT2D eigenvalue weighted by Crippen LogP contribution is 2.37. The second kappa shape index (κ2) is 6.24. The molecule has 1 unspecified atom stereocenters. The van der Waals surface area contributed by atoms with E-state index in [4.69, 9.17) is 0 Å². The van der Waals surface area contributed by atoms with E-state index in [-0.39, 0.29) is 17.4 Å². The fourth-order valence-corrected chi connectivity index (χ4v) is 2.87. The third-order valence-electron chi connectivity index (χ3n) is 3.68. The second-order valence-corrected chi connectivity index (χ2v) is 6.05. The van der Waals surface area contributed by atoms with Gasteiger partial charge in [0, 0.05) is 16.0 Å². The minimum Gasteiger partial charge on any atom is -0.508 e. The van der Waals surface area contributed by atoms with Gasteiger partial charge in [-0.3, -0.25) is 0 Å². The molecular weight excluding hydrogens is 340 g/mol. The van der Waals surface area contributed by atoms with Gasteiger partial charge in [-0.05, 0) is 41.5 Å². The Labute approximate surface area is 137 Å². The highest BCUT2D eigenvalue weighted by Gasteiger charge is 2.19. The van der Waals surface area contributed by atoms with E-state index in [0.717, 1.165) is 21.2 Å². The van der Waals surface area contributed by atoms with Crippen LogP contribution in [-0.4, -0.2) is 10.2 Å². The maximum atomic E-state index is 10.3. The molecule has 3 heteroatoms. The molecular formula is C19H15BrO2. The molecule has 0 saturated heterocycles. The summed E-state index contributed by atoms with van der Waals surface area (Å²) in [5.41, 5.74) is 2.94. The SMILES string of the molecule is Oc1ccc(C(c2ccc(Br)cc2)c2ccccc2O)cc1. The zero-order valence-corrected chi connectivity index (χ0v) is 13.4. The lowest BCUT2D eigenvalue weighted by Crippen LogP contribution is -2.03. The fourth-order valence-electron chi connectivity index (χ4n) is 2.61. The average Bonchev–Trinajstić information content (AvgIpc) is 2.53. The number of halogens is 1. The minimum absolute atomic E-state index is 0.0881. The smallest absolute Gasteiger partial charge is 0.119 e. The van der Waals surface area contributed by atoms with Crippen LogP contribution < -0.4 is 0 Å². The molecule has 0 aromatic heterocycles. The van der Waals surface area contributed by atoms with Gasteiger partial charge in [-0.15, -0.1) is 0 Å². The van der Waals surface area contributed by atoms with Crippen molar-refractivity contribution in [2.75, 3.05) is 0 Å². The standard InChI is InChI=1S/C19H15BrO2/c20-15-9-5-13(6-10-15)19(14-7-11-16(21)12-8-14)17-3-1-2-4-18(17)22/h1-12,19,21-22H. The van der Waals surface area contributed by atoms with Crippen LogP contribution in [0.5, 0.6) is 11.5 Å². The van der Waals surface area contributed by atoms with E-state index in [9.17, 15) is 10.2 Å². The number of aromatic hydroxyl groups is 2. The summed E-state index contributed by atoms with van der Waals surface area (Å²) >= 11 is 3.45. The summed E-state index contributed by atoms with van der Waals surface area (Å²) in [4.78, 5) is 0. The number of hydrogen-bond acceptors (Lipinski definition) is 2. The van der Waals surface area contributed by atoms with Crippen molar-refractivity contribution in [2.24, 2.45) is 0 Å². The fraction of sp³-hybridized carbons (Fsp3) is 0.0526. The summed E-state index contributed by atoms with van der Waals surface area (Å²) in [7, 11) is 0. The van der Waals surface area contributed by atoms with Crippen LogP contribution in [0.25, 0.3) is 0 Å². The van der Waals surface area contributed by atoms with Crippen LogP contribution in [0.15, 0.2) is 77.3 Å². The lowest BCUT2D eigenvalue weighted by molar-refractivity contribution is 0.467. The number of benzene rings is 3. The van der Waals surface area contributed by atoms with E-state index >= 15 is 0 Å². The van der Waals surface area contributed by atoms with Gasteiger partial charge < -0.3 is 10.2 Å². The molecule has 0 aliphatic rings. The summed E-state index contributed by atoms with van der Waals surface area (Å²) in [6.07, 6.45) is 0. The van der Waals surface area contributed by atoms with Crippen molar-refractivity contribution in [3.63, 3.8) is 0 Å². The molecule has 1 atom stereocenters. The molecule has 3 rings (SSSR count). The van der Waals surface area contributed by atoms with E-state index in [1.165, 1.54) is 0 Å². The van der Waals surface area contributed by atoms with Crippen molar-refractivity contribution in [1.29, 1.82) is 0 Å². The third-order valence-corrected chi connectivity index (χ3v) is 4.21. The topological polar surface area (TPSA) is 40.5 Å². The van der Waals surface area contributed by atoms with Crippen molar-refractivity contribution in [3.05, 3.63) is 94.0 Å². The minimum atomic E-state index is -0.0881. The number of phenols is 2. The van der Waals surface area contributed by atoms with E-state index in [1.807, 2.05) is 54.6 Å². The Bertz CT molecular complexity index is 719. The Morgan fingerprint density at radius 1 is 0.682 bits per heavy atom. The Morgan fingerprint density at radius 2 is 1.23 bits per heavy atom. The zero-order valence-electron chi connectivity index (χ0n) is 11.8. The first-order valence-corrected chi connectivity index (χ1v) is 7.77. The molecule has 0 aliphatic carbocycles. The first-order chi connectivity index (χ1) is 10.6. The van der Waals surface area contributed by atoms with Crippen LogP contribution in [0.1, 0.15) is 22.6 Å². The van der Waals surface area contributed by atoms with Crippen molar-refractivity contribution in [3.8, 4) is 11.5 Å². The van der Waals surface area contributed by atoms with Gasteiger partial charge in [0.25, 0.3) is 0 Å². The van der Waals surface area contributed by atoms with E-state index in [0.29, 0.717) is 0 Å². The van der Waals surface area contributed by atoms with Gasteiger partial charge in [0.15, 0.2) is 0 Å². The van der Waals surface area contributed by atoms with E-state index < -0.39 is 0 Å². The first-order valence-electron chi connectivity index (χ1n) is 6.97. The van der Waals surface area contributed by atoms with Crippen LogP contribution in [0, 0.1) is 0 Å². The number of para-hydroxylation sites is 1. The van der Waals surface area contributed by atoms with Crippen molar-refractivity contribution in [1.82, 2.24) is 0 Å². The lowest BCUT2D eigenvalue weighted by atomic mass is 9.85. The Kier molecular flexibility index (Phi) is 4.16. The quantitative estimate of drug-likeness (QED) is 0.646. The molecule has 2 nitrogen and oxygen atoms in total. The summed E-state index contributed by atoms with van der Waals surface area (Å²) < 4.78 is 1.01. The molecule has 3 aromatic carbocycles. The van der Waals surface area contributed by atoms with Gasteiger partial charge in [-0.1, -0.05) is 58.4 Å². The van der Waals surface area contributed by atoms with Gasteiger partial charge in [-0.25, -0.2) is 0 Å². The largest absolute Gasteiger partial charge is 0.508 e. The molecule has 0 fully saturated rings. The summed E-state index contributed by atoms with van der Waals surface area (Å²) in [5.74, 6) is 0.411. The van der Waals surface area contributed by atoms with Gasteiger partial charge >= 0.3 is 0 Å². The van der Waals surface area contributed by atoms with Gasteiger partial charge in [0.05, 0.1) is 0 Å². The van der Waals surface area contributed by atoms with E-state index in [1.54, 1.807) is 18.2 Å². The van der Waals surface area contributed by atoms with E-state index in [2.05, 4.69) is 15.9 Å². The Hall–Kier alpha value is -2.26. The predicted molar refractivity (Wildman–Crippen MR) is 91.3 cm³/mol. The maximum Gasteiger partial charge on any atom is 0.119 e. The molecule has 2 N–H and O–H groups in total. The van der Waals surface area contributed by atoms with Gasteiger partial charge in [0.1, 0.15) is 11.5 Å². The zero-order chi connectivity index (χ0) is 15.5. The highest BCUT2D eigenvalue weighted by atomic mass is 79.9. The lowest BCUT2D eigenvalue weighted by Gasteiger charge is -2.20. The van der Waals surface area contributed by atoms with Crippen molar-refractivity contribution >= 4 is 15.9 Å². The van der Waals surface area contributed by atoms with Gasteiger partial charge in [-0.2, -0.15) is 0 Å². The van der Waals surface area contributed by atoms with Crippen molar-refractivity contribution < 1.29 is 10.2 Å². The van der Waals surface area contributed by atoms with Crippen LogP contribution in [-0.2, 0) is 0 Å². The molecule has 0 spiro atoms. The molecule has 0 amide bonds. The van der Waals surface area contributed by atoms with Crippen LogP contribution in [0.2, 0.25) is 0 Å². The average molecular weight is 355 g/mol. The predicted octanol–water partition coefficient (Wildman–Crippen LogP) is 5.04. The first kappa shape index (κ1) is 14.7. The Balaban J connectivity index is 2.16. The number of phenolic OH excluding ortho intramolecular Hbond substituents is 2. The van der Waals surface area contributed by atoms with Gasteiger partial charge in [0.2, 0.25) is 0 Å². The molecule has 22 heavy (non-hydrogen) atoms. The normalized spacial score (nSPS) is 12.0. The molecule has 0 radical (unpaired) electrons. The summed E-state index contributed by atoms with van der Waals surface area (Å²) in [5, 5.41) is 19.8. The summed E-state index contributed by atoms with van der Waals surface area (Å²) in [6.45, 7) is 0. The van der Waals surface area contributed by atoms with Crippen LogP contribution >= 0.6 is 15.9 Å². The molecule has 0 saturated carbocycles. The third kappa shape index (κ3) is 3.00.